The fourth-order valence-corrected chi connectivity index (χ4v) is 3.82. The molecule has 0 aliphatic carbocycles. The molecule has 2 aromatic rings. The lowest BCUT2D eigenvalue weighted by Gasteiger charge is -2.19. The van der Waals surface area contributed by atoms with Crippen molar-refractivity contribution in [1.29, 1.82) is 0 Å². The van der Waals surface area contributed by atoms with E-state index in [1.165, 1.54) is 10.6 Å². The number of carbonyl (C=O) groups excluding carboxylic acids is 1. The van der Waals surface area contributed by atoms with E-state index in [2.05, 4.69) is 19.2 Å². The molecule has 0 atom stereocenters. The monoisotopic (exact) mass is 390 g/mol. The van der Waals surface area contributed by atoms with Gasteiger partial charge < -0.3 is 15.8 Å². The minimum Gasteiger partial charge on any atom is -0.444 e. The van der Waals surface area contributed by atoms with Crippen molar-refractivity contribution >= 4 is 23.5 Å². The molecule has 0 aliphatic rings. The molecular weight excluding hydrogens is 360 g/mol. The van der Waals surface area contributed by atoms with Gasteiger partial charge in [-0.05, 0) is 57.9 Å². The fourth-order valence-electron chi connectivity index (χ4n) is 2.64. The van der Waals surface area contributed by atoms with Crippen LogP contribution < -0.4 is 11.1 Å². The Labute approximate surface area is 165 Å². The van der Waals surface area contributed by atoms with Gasteiger partial charge >= 0.3 is 6.09 Å². The summed E-state index contributed by atoms with van der Waals surface area (Å²) < 4.78 is 7.27. The number of carbonyl (C=O) groups is 1. The summed E-state index contributed by atoms with van der Waals surface area (Å²) in [7, 11) is 0. The highest BCUT2D eigenvalue weighted by molar-refractivity contribution is 7.99. The molecule has 0 unspecified atom stereocenters. The van der Waals surface area contributed by atoms with Crippen LogP contribution in [0.25, 0.3) is 0 Å². The number of aromatic nitrogens is 2. The molecule has 1 heterocycles. The number of ether oxygens (including phenoxy) is 1. The first kappa shape index (κ1) is 21.2. The van der Waals surface area contributed by atoms with Crippen LogP contribution in [0, 0.1) is 0 Å². The lowest BCUT2D eigenvalue weighted by Crippen LogP contribution is -2.34. The van der Waals surface area contributed by atoms with Crippen LogP contribution >= 0.6 is 11.8 Å². The summed E-state index contributed by atoms with van der Waals surface area (Å²) in [4.78, 5) is 14.2. The normalized spacial score (nSPS) is 11.4. The number of nitrogen functional groups attached to an aromatic ring is 1. The van der Waals surface area contributed by atoms with Gasteiger partial charge in [0.1, 0.15) is 5.60 Å². The molecule has 0 saturated carbocycles. The molecule has 0 radical (unpaired) electrons. The molecule has 27 heavy (non-hydrogen) atoms. The van der Waals surface area contributed by atoms with Crippen LogP contribution in [0.3, 0.4) is 0 Å². The van der Waals surface area contributed by atoms with E-state index >= 15 is 0 Å². The van der Waals surface area contributed by atoms with Crippen molar-refractivity contribution in [3.63, 3.8) is 0 Å². The first-order valence-electron chi connectivity index (χ1n) is 9.32. The molecule has 148 valence electrons. The smallest absolute Gasteiger partial charge is 0.407 e. The van der Waals surface area contributed by atoms with E-state index < -0.39 is 11.7 Å². The maximum Gasteiger partial charge on any atom is 0.407 e. The van der Waals surface area contributed by atoms with Gasteiger partial charge in [-0.2, -0.15) is 5.10 Å². The van der Waals surface area contributed by atoms with Crippen molar-refractivity contribution in [1.82, 2.24) is 15.1 Å². The molecule has 1 aromatic heterocycles. The summed E-state index contributed by atoms with van der Waals surface area (Å²) in [6, 6.07) is 7.88. The number of nitrogens with two attached hydrogens (primary N) is 1. The van der Waals surface area contributed by atoms with Crippen molar-refractivity contribution in [2.45, 2.75) is 69.4 Å². The Morgan fingerprint density at radius 3 is 2.44 bits per heavy atom. The number of aryl methyl sites for hydroxylation is 1. The lowest BCUT2D eigenvalue weighted by molar-refractivity contribution is 0.0525. The third-order valence-electron chi connectivity index (χ3n) is 3.84. The average Bonchev–Trinajstić information content (AvgIpc) is 2.92. The third-order valence-corrected chi connectivity index (χ3v) is 5.02. The van der Waals surface area contributed by atoms with Gasteiger partial charge in [-0.15, -0.1) is 0 Å². The van der Waals surface area contributed by atoms with Gasteiger partial charge in [0.25, 0.3) is 0 Å². The van der Waals surface area contributed by atoms with Gasteiger partial charge in [0, 0.05) is 17.1 Å². The molecule has 0 spiro atoms. The molecule has 1 aromatic carbocycles. The molecule has 2 rings (SSSR count). The summed E-state index contributed by atoms with van der Waals surface area (Å²) in [6.45, 7) is 10.9. The van der Waals surface area contributed by atoms with E-state index in [-0.39, 0.29) is 0 Å². The minimum absolute atomic E-state index is 0.403. The number of amides is 1. The van der Waals surface area contributed by atoms with E-state index in [4.69, 9.17) is 15.6 Å². The van der Waals surface area contributed by atoms with Gasteiger partial charge in [-0.3, -0.25) is 4.68 Å². The van der Waals surface area contributed by atoms with E-state index in [1.54, 1.807) is 11.8 Å². The van der Waals surface area contributed by atoms with Gasteiger partial charge in [0.15, 0.2) is 0 Å². The van der Waals surface area contributed by atoms with Crippen LogP contribution in [0.1, 0.15) is 46.0 Å². The zero-order valence-corrected chi connectivity index (χ0v) is 17.7. The van der Waals surface area contributed by atoms with E-state index in [0.29, 0.717) is 13.1 Å². The van der Waals surface area contributed by atoms with Crippen LogP contribution in [0.15, 0.2) is 34.1 Å². The second-order valence-corrected chi connectivity index (χ2v) is 8.34. The Morgan fingerprint density at radius 2 is 1.89 bits per heavy atom. The summed E-state index contributed by atoms with van der Waals surface area (Å²) in [5.74, 6) is 0. The topological polar surface area (TPSA) is 82.2 Å². The Morgan fingerprint density at radius 1 is 1.22 bits per heavy atom. The molecule has 6 nitrogen and oxygen atoms in total. The molecule has 3 N–H and O–H groups in total. The summed E-state index contributed by atoms with van der Waals surface area (Å²) in [5, 5.41) is 7.56. The lowest BCUT2D eigenvalue weighted by atomic mass is 10.2. The van der Waals surface area contributed by atoms with Crippen LogP contribution in [-0.4, -0.2) is 28.0 Å². The van der Waals surface area contributed by atoms with E-state index in [1.807, 2.05) is 49.7 Å². The number of benzene rings is 1. The average molecular weight is 391 g/mol. The molecular formula is C20H30N4O2S. The second-order valence-electron chi connectivity index (χ2n) is 7.25. The number of anilines is 1. The van der Waals surface area contributed by atoms with Gasteiger partial charge in [0.2, 0.25) is 0 Å². The van der Waals surface area contributed by atoms with E-state index in [9.17, 15) is 4.79 Å². The van der Waals surface area contributed by atoms with Crippen molar-refractivity contribution in [2.75, 3.05) is 12.3 Å². The van der Waals surface area contributed by atoms with Gasteiger partial charge in [0.05, 0.1) is 22.8 Å². The fraction of sp³-hybridized carbons (Fsp3) is 0.500. The number of rotatable bonds is 7. The van der Waals surface area contributed by atoms with E-state index in [0.717, 1.165) is 29.1 Å². The van der Waals surface area contributed by atoms with Crippen molar-refractivity contribution < 1.29 is 9.53 Å². The predicted molar refractivity (Wildman–Crippen MR) is 110 cm³/mol. The highest BCUT2D eigenvalue weighted by atomic mass is 32.2. The Bertz CT molecular complexity index is 764. The molecule has 0 aliphatic heterocycles. The number of nitrogens with one attached hydrogen (secondary N) is 1. The minimum atomic E-state index is -0.497. The standard InChI is InChI=1S/C20H30N4O2S/c1-6-16-18(27-15-10-8-14(21)9-11-15)17(7-2)24(23-16)13-12-22-19(25)26-20(3,4)5/h8-11H,6-7,12-13,21H2,1-5H3,(H,22,25). The zero-order valence-electron chi connectivity index (χ0n) is 16.8. The highest BCUT2D eigenvalue weighted by Gasteiger charge is 2.18. The molecule has 1 amide bonds. The number of hydrogen-bond donors (Lipinski definition) is 2. The summed E-state index contributed by atoms with van der Waals surface area (Å²) in [5.41, 5.74) is 8.30. The summed E-state index contributed by atoms with van der Waals surface area (Å²) in [6.07, 6.45) is 1.33. The quantitative estimate of drug-likeness (QED) is 0.690. The predicted octanol–water partition coefficient (Wildman–Crippen LogP) is 4.27. The summed E-state index contributed by atoms with van der Waals surface area (Å²) >= 11 is 1.72. The van der Waals surface area contributed by atoms with Gasteiger partial charge in [-0.1, -0.05) is 25.6 Å². The highest BCUT2D eigenvalue weighted by Crippen LogP contribution is 2.34. The van der Waals surface area contributed by atoms with Crippen molar-refractivity contribution in [3.8, 4) is 0 Å². The maximum absolute atomic E-state index is 11.8. The maximum atomic E-state index is 11.8. The largest absolute Gasteiger partial charge is 0.444 e. The van der Waals surface area contributed by atoms with Crippen LogP contribution in [-0.2, 0) is 24.1 Å². The molecule has 0 bridgehead atoms. The first-order valence-corrected chi connectivity index (χ1v) is 10.1. The number of hydrogen-bond acceptors (Lipinski definition) is 5. The Kier molecular flexibility index (Phi) is 7.18. The van der Waals surface area contributed by atoms with Crippen molar-refractivity contribution in [2.24, 2.45) is 0 Å². The zero-order chi connectivity index (χ0) is 20.0. The van der Waals surface area contributed by atoms with Crippen LogP contribution in [0.5, 0.6) is 0 Å². The van der Waals surface area contributed by atoms with Crippen molar-refractivity contribution in [3.05, 3.63) is 35.7 Å². The second kappa shape index (κ2) is 9.17. The molecule has 7 heteroatoms. The molecule has 0 fully saturated rings. The Hall–Kier alpha value is -2.15. The van der Waals surface area contributed by atoms with Crippen LogP contribution in [0.2, 0.25) is 0 Å². The number of nitrogens with zero attached hydrogens (tertiary/aromatic N) is 2. The Balaban J connectivity index is 2.10. The third kappa shape index (κ3) is 6.20. The van der Waals surface area contributed by atoms with Crippen LogP contribution in [0.4, 0.5) is 10.5 Å². The molecule has 0 saturated heterocycles. The number of alkyl carbamates (subject to hydrolysis) is 1. The SMILES string of the molecule is CCc1nn(CCNC(=O)OC(C)(C)C)c(CC)c1Sc1ccc(N)cc1. The van der Waals surface area contributed by atoms with Gasteiger partial charge in [-0.25, -0.2) is 4.79 Å². The first-order chi connectivity index (χ1) is 12.7.